The predicted octanol–water partition coefficient (Wildman–Crippen LogP) is 3.86. The summed E-state index contributed by atoms with van der Waals surface area (Å²) in [6.07, 6.45) is 0.999. The number of rotatable bonds is 6. The molecule has 138 valence electrons. The highest BCUT2D eigenvalue weighted by molar-refractivity contribution is 5.89. The zero-order valence-electron chi connectivity index (χ0n) is 14.4. The van der Waals surface area contributed by atoms with Gasteiger partial charge in [0.25, 0.3) is 0 Å². The van der Waals surface area contributed by atoms with Crippen molar-refractivity contribution in [1.29, 1.82) is 0 Å². The Labute approximate surface area is 151 Å². The third kappa shape index (κ3) is 4.41. The van der Waals surface area contributed by atoms with Gasteiger partial charge in [-0.05, 0) is 37.1 Å². The van der Waals surface area contributed by atoms with Gasteiger partial charge in [0.15, 0.2) is 0 Å². The molecular formula is C19H21F2N3O2. The molecule has 2 aromatic carbocycles. The van der Waals surface area contributed by atoms with Crippen LogP contribution in [-0.2, 0) is 6.42 Å². The van der Waals surface area contributed by atoms with E-state index in [0.29, 0.717) is 24.8 Å². The van der Waals surface area contributed by atoms with Crippen LogP contribution in [0, 0.1) is 0 Å². The number of hydrogen-bond acceptors (Lipinski definition) is 3. The Morgan fingerprint density at radius 1 is 1.27 bits per heavy atom. The number of ether oxygens (including phenoxy) is 1. The normalized spacial score (nSPS) is 15.7. The Balaban J connectivity index is 1.49. The van der Waals surface area contributed by atoms with Crippen LogP contribution in [0.4, 0.5) is 25.0 Å². The van der Waals surface area contributed by atoms with Crippen molar-refractivity contribution >= 4 is 17.4 Å². The largest absolute Gasteiger partial charge is 0.435 e. The van der Waals surface area contributed by atoms with Gasteiger partial charge in [0.2, 0.25) is 0 Å². The van der Waals surface area contributed by atoms with Crippen molar-refractivity contribution in [3.05, 3.63) is 54.1 Å². The molecule has 0 aromatic heterocycles. The maximum Gasteiger partial charge on any atom is 0.387 e. The van der Waals surface area contributed by atoms with Gasteiger partial charge in [0.1, 0.15) is 5.75 Å². The number of hydrogen-bond donors (Lipinski definition) is 2. The smallest absolute Gasteiger partial charge is 0.387 e. The second kappa shape index (κ2) is 8.03. The minimum atomic E-state index is -2.90. The van der Waals surface area contributed by atoms with Gasteiger partial charge in [-0.1, -0.05) is 24.3 Å². The van der Waals surface area contributed by atoms with Gasteiger partial charge in [-0.2, -0.15) is 8.78 Å². The van der Waals surface area contributed by atoms with Crippen LogP contribution in [0.2, 0.25) is 0 Å². The number of carbonyl (C=O) groups excluding carboxylic acids is 1. The minimum Gasteiger partial charge on any atom is -0.435 e. The van der Waals surface area contributed by atoms with Crippen molar-refractivity contribution in [2.45, 2.75) is 26.0 Å². The quantitative estimate of drug-likeness (QED) is 0.821. The zero-order chi connectivity index (χ0) is 18.5. The maximum absolute atomic E-state index is 12.2. The average molecular weight is 361 g/mol. The first-order valence-corrected chi connectivity index (χ1v) is 8.47. The molecule has 2 amide bonds. The summed E-state index contributed by atoms with van der Waals surface area (Å²) in [6.45, 7) is 0.427. The summed E-state index contributed by atoms with van der Waals surface area (Å²) >= 11 is 0. The highest BCUT2D eigenvalue weighted by Gasteiger charge is 2.24. The summed E-state index contributed by atoms with van der Waals surface area (Å²) in [4.78, 5) is 14.3. The molecule has 26 heavy (non-hydrogen) atoms. The summed E-state index contributed by atoms with van der Waals surface area (Å²) < 4.78 is 28.8. The van der Waals surface area contributed by atoms with Crippen LogP contribution in [0.5, 0.6) is 5.75 Å². The van der Waals surface area contributed by atoms with Crippen LogP contribution in [0.1, 0.15) is 12.5 Å². The number of para-hydroxylation sites is 1. The van der Waals surface area contributed by atoms with Crippen molar-refractivity contribution in [3.63, 3.8) is 0 Å². The third-order valence-corrected chi connectivity index (χ3v) is 4.30. The molecular weight excluding hydrogens is 340 g/mol. The molecule has 2 aromatic rings. The lowest BCUT2D eigenvalue weighted by Crippen LogP contribution is -2.39. The summed E-state index contributed by atoms with van der Waals surface area (Å²) in [7, 11) is 0. The molecule has 1 unspecified atom stereocenters. The van der Waals surface area contributed by atoms with Crippen LogP contribution in [0.3, 0.4) is 0 Å². The molecule has 0 saturated heterocycles. The van der Waals surface area contributed by atoms with Crippen molar-refractivity contribution in [2.24, 2.45) is 0 Å². The Morgan fingerprint density at radius 2 is 2.08 bits per heavy atom. The Kier molecular flexibility index (Phi) is 5.55. The number of carbonyl (C=O) groups is 1. The molecule has 0 aliphatic carbocycles. The number of anilines is 2. The lowest BCUT2D eigenvalue weighted by atomic mass is 10.1. The third-order valence-electron chi connectivity index (χ3n) is 4.30. The van der Waals surface area contributed by atoms with Gasteiger partial charge < -0.3 is 20.3 Å². The van der Waals surface area contributed by atoms with E-state index in [1.807, 2.05) is 12.1 Å². The van der Waals surface area contributed by atoms with Crippen molar-refractivity contribution in [1.82, 2.24) is 5.32 Å². The molecule has 1 aliphatic heterocycles. The molecule has 0 fully saturated rings. The number of fused-ring (bicyclic) bond motifs is 1. The van der Waals surface area contributed by atoms with Crippen LogP contribution >= 0.6 is 0 Å². The van der Waals surface area contributed by atoms with E-state index >= 15 is 0 Å². The van der Waals surface area contributed by atoms with Crippen molar-refractivity contribution < 1.29 is 18.3 Å². The van der Waals surface area contributed by atoms with Crippen molar-refractivity contribution in [2.75, 3.05) is 23.3 Å². The van der Waals surface area contributed by atoms with E-state index in [-0.39, 0.29) is 11.8 Å². The number of amides is 2. The highest BCUT2D eigenvalue weighted by Crippen LogP contribution is 2.31. The number of halogens is 2. The van der Waals surface area contributed by atoms with Gasteiger partial charge in [-0.15, -0.1) is 0 Å². The maximum atomic E-state index is 12.2. The number of alkyl halides is 2. The molecule has 7 heteroatoms. The lowest BCUT2D eigenvalue weighted by molar-refractivity contribution is -0.0497. The van der Waals surface area contributed by atoms with E-state index in [4.69, 9.17) is 0 Å². The fraction of sp³-hybridized carbons (Fsp3) is 0.316. The molecule has 1 aliphatic rings. The minimum absolute atomic E-state index is 0.000276. The van der Waals surface area contributed by atoms with Gasteiger partial charge in [-0.25, -0.2) is 4.79 Å². The number of nitrogens with one attached hydrogen (secondary N) is 2. The van der Waals surface area contributed by atoms with E-state index in [2.05, 4.69) is 39.3 Å². The zero-order valence-corrected chi connectivity index (χ0v) is 14.4. The van der Waals surface area contributed by atoms with E-state index in [0.717, 1.165) is 6.42 Å². The molecule has 1 heterocycles. The Hall–Kier alpha value is -2.83. The van der Waals surface area contributed by atoms with Gasteiger partial charge >= 0.3 is 12.6 Å². The first-order valence-electron chi connectivity index (χ1n) is 8.47. The molecule has 0 bridgehead atoms. The first kappa shape index (κ1) is 18.0. The summed E-state index contributed by atoms with van der Waals surface area (Å²) in [6, 6.07) is 14.2. The van der Waals surface area contributed by atoms with E-state index in [1.54, 1.807) is 6.07 Å². The van der Waals surface area contributed by atoms with Crippen LogP contribution in [0.25, 0.3) is 0 Å². The summed E-state index contributed by atoms with van der Waals surface area (Å²) in [5.74, 6) is 0.000276. The SMILES string of the molecule is CC1Cc2ccccc2N1CCNC(=O)Nc1cccc(OC(F)F)c1. The van der Waals surface area contributed by atoms with Gasteiger partial charge in [-0.3, -0.25) is 0 Å². The summed E-state index contributed by atoms with van der Waals surface area (Å²) in [5.41, 5.74) is 2.92. The molecule has 2 N–H and O–H groups in total. The van der Waals surface area contributed by atoms with E-state index in [9.17, 15) is 13.6 Å². The van der Waals surface area contributed by atoms with Gasteiger partial charge in [0, 0.05) is 36.6 Å². The van der Waals surface area contributed by atoms with Crippen LogP contribution in [0.15, 0.2) is 48.5 Å². The Bertz CT molecular complexity index is 770. The monoisotopic (exact) mass is 361 g/mol. The van der Waals surface area contributed by atoms with E-state index in [1.165, 1.54) is 29.4 Å². The predicted molar refractivity (Wildman–Crippen MR) is 97.0 cm³/mol. The number of urea groups is 1. The second-order valence-corrected chi connectivity index (χ2v) is 6.16. The first-order chi connectivity index (χ1) is 12.5. The fourth-order valence-electron chi connectivity index (χ4n) is 3.19. The van der Waals surface area contributed by atoms with Crippen molar-refractivity contribution in [3.8, 4) is 5.75 Å². The topological polar surface area (TPSA) is 53.6 Å². The molecule has 0 saturated carbocycles. The molecule has 0 radical (unpaired) electrons. The van der Waals surface area contributed by atoms with Gasteiger partial charge in [0.05, 0.1) is 0 Å². The fourth-order valence-corrected chi connectivity index (χ4v) is 3.19. The molecule has 1 atom stereocenters. The highest BCUT2D eigenvalue weighted by atomic mass is 19.3. The second-order valence-electron chi connectivity index (χ2n) is 6.16. The van der Waals surface area contributed by atoms with Crippen LogP contribution in [-0.4, -0.2) is 31.8 Å². The standard InChI is InChI=1S/C19H21F2N3O2/c1-13-11-14-5-2-3-8-17(14)24(13)10-9-22-19(25)23-15-6-4-7-16(12-15)26-18(20)21/h2-8,12-13,18H,9-11H2,1H3,(H2,22,23,25). The molecule has 5 nitrogen and oxygen atoms in total. The lowest BCUT2D eigenvalue weighted by Gasteiger charge is -2.25. The Morgan fingerprint density at radius 3 is 2.88 bits per heavy atom. The number of nitrogens with zero attached hydrogens (tertiary/aromatic N) is 1. The van der Waals surface area contributed by atoms with E-state index < -0.39 is 6.61 Å². The average Bonchev–Trinajstić information content (AvgIpc) is 2.90. The molecule has 3 rings (SSSR count). The van der Waals surface area contributed by atoms with Crippen LogP contribution < -0.4 is 20.3 Å². The number of benzene rings is 2. The molecule has 0 spiro atoms. The summed E-state index contributed by atoms with van der Waals surface area (Å²) in [5, 5.41) is 5.41.